The average Bonchev–Trinajstić information content (AvgIpc) is 2.28. The van der Waals surface area contributed by atoms with Crippen LogP contribution in [0.3, 0.4) is 0 Å². The van der Waals surface area contributed by atoms with Gasteiger partial charge in [-0.2, -0.15) is 0 Å². The fourth-order valence-electron chi connectivity index (χ4n) is 2.43. The standard InChI is InChI=1S/C14H20ClNO/c1-14(2)9-3-4-12(13(14)16)17-11-7-5-10(15)6-8-11/h5-8,12-13H,3-4,9,16H2,1-2H3. The molecule has 1 aromatic rings. The molecule has 17 heavy (non-hydrogen) atoms. The molecular weight excluding hydrogens is 234 g/mol. The molecule has 0 radical (unpaired) electrons. The van der Waals surface area contributed by atoms with Crippen LogP contribution in [0.2, 0.25) is 5.02 Å². The number of ether oxygens (including phenoxy) is 1. The Kier molecular flexibility index (Phi) is 3.64. The second kappa shape index (κ2) is 4.87. The van der Waals surface area contributed by atoms with Crippen LogP contribution in [0.25, 0.3) is 0 Å². The number of benzene rings is 1. The van der Waals surface area contributed by atoms with Crippen molar-refractivity contribution < 1.29 is 4.74 Å². The molecule has 1 saturated carbocycles. The molecule has 2 unspecified atom stereocenters. The summed E-state index contributed by atoms with van der Waals surface area (Å²) in [4.78, 5) is 0. The lowest BCUT2D eigenvalue weighted by atomic mass is 9.72. The largest absolute Gasteiger partial charge is 0.489 e. The second-order valence-electron chi connectivity index (χ2n) is 5.52. The van der Waals surface area contributed by atoms with E-state index in [-0.39, 0.29) is 17.6 Å². The van der Waals surface area contributed by atoms with E-state index in [1.807, 2.05) is 24.3 Å². The van der Waals surface area contributed by atoms with Crippen molar-refractivity contribution >= 4 is 11.6 Å². The first-order valence-corrected chi connectivity index (χ1v) is 6.55. The third-order valence-corrected chi connectivity index (χ3v) is 3.97. The van der Waals surface area contributed by atoms with E-state index < -0.39 is 0 Å². The van der Waals surface area contributed by atoms with Crippen LogP contribution in [0.4, 0.5) is 0 Å². The van der Waals surface area contributed by atoms with Crippen LogP contribution in [0.15, 0.2) is 24.3 Å². The Bertz CT molecular complexity index is 374. The highest BCUT2D eigenvalue weighted by molar-refractivity contribution is 6.30. The fraction of sp³-hybridized carbons (Fsp3) is 0.571. The van der Waals surface area contributed by atoms with E-state index in [1.165, 1.54) is 12.8 Å². The first-order valence-electron chi connectivity index (χ1n) is 6.17. The predicted molar refractivity (Wildman–Crippen MR) is 71.5 cm³/mol. The molecule has 2 rings (SSSR count). The quantitative estimate of drug-likeness (QED) is 0.874. The Labute approximate surface area is 108 Å². The zero-order valence-corrected chi connectivity index (χ0v) is 11.2. The Balaban J connectivity index is 2.05. The summed E-state index contributed by atoms with van der Waals surface area (Å²) in [6.07, 6.45) is 3.50. The van der Waals surface area contributed by atoms with E-state index in [0.29, 0.717) is 0 Å². The van der Waals surface area contributed by atoms with Crippen LogP contribution < -0.4 is 10.5 Å². The molecule has 0 amide bonds. The average molecular weight is 254 g/mol. The number of rotatable bonds is 2. The van der Waals surface area contributed by atoms with Crippen LogP contribution >= 0.6 is 11.6 Å². The van der Waals surface area contributed by atoms with Crippen LogP contribution in [0.5, 0.6) is 5.75 Å². The lowest BCUT2D eigenvalue weighted by molar-refractivity contribution is 0.0568. The van der Waals surface area contributed by atoms with Gasteiger partial charge >= 0.3 is 0 Å². The van der Waals surface area contributed by atoms with E-state index >= 15 is 0 Å². The minimum Gasteiger partial charge on any atom is -0.489 e. The Hall–Kier alpha value is -0.730. The van der Waals surface area contributed by atoms with Gasteiger partial charge in [0.15, 0.2) is 0 Å². The Morgan fingerprint density at radius 3 is 2.59 bits per heavy atom. The van der Waals surface area contributed by atoms with Crippen LogP contribution in [-0.4, -0.2) is 12.1 Å². The van der Waals surface area contributed by atoms with Crippen molar-refractivity contribution in [3.05, 3.63) is 29.3 Å². The summed E-state index contributed by atoms with van der Waals surface area (Å²) in [5.74, 6) is 0.854. The van der Waals surface area contributed by atoms with Crippen molar-refractivity contribution in [2.75, 3.05) is 0 Å². The molecule has 2 atom stereocenters. The van der Waals surface area contributed by atoms with Gasteiger partial charge in [-0.1, -0.05) is 25.4 Å². The first-order chi connectivity index (χ1) is 7.99. The molecule has 1 aliphatic carbocycles. The fourth-order valence-corrected chi connectivity index (χ4v) is 2.55. The molecule has 1 fully saturated rings. The smallest absolute Gasteiger partial charge is 0.119 e. The lowest BCUT2D eigenvalue weighted by Crippen LogP contribution is -2.51. The normalized spacial score (nSPS) is 27.8. The lowest BCUT2D eigenvalue weighted by Gasteiger charge is -2.41. The summed E-state index contributed by atoms with van der Waals surface area (Å²) in [7, 11) is 0. The van der Waals surface area contributed by atoms with Gasteiger partial charge < -0.3 is 10.5 Å². The van der Waals surface area contributed by atoms with E-state index in [9.17, 15) is 0 Å². The maximum absolute atomic E-state index is 6.28. The molecule has 0 aromatic heterocycles. The third-order valence-electron chi connectivity index (χ3n) is 3.71. The topological polar surface area (TPSA) is 35.2 Å². The molecule has 3 heteroatoms. The van der Waals surface area contributed by atoms with Gasteiger partial charge in [0.05, 0.1) is 0 Å². The van der Waals surface area contributed by atoms with Gasteiger partial charge in [-0.15, -0.1) is 0 Å². The maximum atomic E-state index is 6.28. The highest BCUT2D eigenvalue weighted by atomic mass is 35.5. The van der Waals surface area contributed by atoms with E-state index in [0.717, 1.165) is 17.2 Å². The Morgan fingerprint density at radius 1 is 1.29 bits per heavy atom. The number of hydrogen-bond acceptors (Lipinski definition) is 2. The number of halogens is 1. The molecule has 0 spiro atoms. The first kappa shape index (κ1) is 12.7. The minimum atomic E-state index is 0.0897. The van der Waals surface area contributed by atoms with E-state index in [4.69, 9.17) is 22.1 Å². The molecule has 0 bridgehead atoms. The third kappa shape index (κ3) is 2.93. The minimum absolute atomic E-state index is 0.0897. The molecule has 0 heterocycles. The summed E-state index contributed by atoms with van der Waals surface area (Å²) in [6.45, 7) is 4.43. The van der Waals surface area contributed by atoms with Crippen molar-refractivity contribution in [3.8, 4) is 5.75 Å². The summed E-state index contributed by atoms with van der Waals surface area (Å²) in [5.41, 5.74) is 6.45. The van der Waals surface area contributed by atoms with E-state index in [1.54, 1.807) is 0 Å². The highest BCUT2D eigenvalue weighted by Crippen LogP contribution is 2.36. The summed E-state index contributed by atoms with van der Waals surface area (Å²) in [6, 6.07) is 7.58. The zero-order chi connectivity index (χ0) is 12.5. The molecule has 0 saturated heterocycles. The highest BCUT2D eigenvalue weighted by Gasteiger charge is 2.37. The van der Waals surface area contributed by atoms with Crippen molar-refractivity contribution in [1.29, 1.82) is 0 Å². The van der Waals surface area contributed by atoms with Gasteiger partial charge in [-0.25, -0.2) is 0 Å². The van der Waals surface area contributed by atoms with Crippen molar-refractivity contribution in [2.45, 2.75) is 45.3 Å². The van der Waals surface area contributed by atoms with E-state index in [2.05, 4.69) is 13.8 Å². The summed E-state index contributed by atoms with van der Waals surface area (Å²) in [5, 5.41) is 0.727. The monoisotopic (exact) mass is 253 g/mol. The molecular formula is C14H20ClNO. The van der Waals surface area contributed by atoms with Crippen LogP contribution in [0.1, 0.15) is 33.1 Å². The molecule has 2 N–H and O–H groups in total. The van der Waals surface area contributed by atoms with Gasteiger partial charge in [-0.05, 0) is 48.9 Å². The molecule has 0 aliphatic heterocycles. The number of nitrogens with two attached hydrogens (primary N) is 1. The maximum Gasteiger partial charge on any atom is 0.119 e. The van der Waals surface area contributed by atoms with Crippen molar-refractivity contribution in [3.63, 3.8) is 0 Å². The number of hydrogen-bond donors (Lipinski definition) is 1. The van der Waals surface area contributed by atoms with Gasteiger partial charge in [0.1, 0.15) is 11.9 Å². The van der Waals surface area contributed by atoms with Crippen molar-refractivity contribution in [2.24, 2.45) is 11.1 Å². The van der Waals surface area contributed by atoms with Gasteiger partial charge in [0.25, 0.3) is 0 Å². The summed E-state index contributed by atoms with van der Waals surface area (Å²) < 4.78 is 5.97. The van der Waals surface area contributed by atoms with Crippen LogP contribution in [-0.2, 0) is 0 Å². The van der Waals surface area contributed by atoms with Crippen LogP contribution in [0, 0.1) is 5.41 Å². The second-order valence-corrected chi connectivity index (χ2v) is 5.95. The zero-order valence-electron chi connectivity index (χ0n) is 10.4. The predicted octanol–water partition coefficient (Wildman–Crippen LogP) is 3.62. The SMILES string of the molecule is CC1(C)CCCC(Oc2ccc(Cl)cc2)C1N. The van der Waals surface area contributed by atoms with Gasteiger partial charge in [0, 0.05) is 11.1 Å². The molecule has 94 valence electrons. The summed E-state index contributed by atoms with van der Waals surface area (Å²) >= 11 is 5.85. The van der Waals surface area contributed by atoms with Gasteiger partial charge in [0.2, 0.25) is 0 Å². The van der Waals surface area contributed by atoms with Gasteiger partial charge in [-0.3, -0.25) is 0 Å². The van der Waals surface area contributed by atoms with Crippen molar-refractivity contribution in [1.82, 2.24) is 0 Å². The molecule has 2 nitrogen and oxygen atoms in total. The molecule has 1 aliphatic rings. The molecule has 1 aromatic carbocycles. The Morgan fingerprint density at radius 2 is 1.94 bits per heavy atom.